The van der Waals surface area contributed by atoms with Crippen molar-refractivity contribution >= 4 is 17.7 Å². The molecule has 0 aliphatic carbocycles. The van der Waals surface area contributed by atoms with Gasteiger partial charge in [-0.2, -0.15) is 0 Å². The number of hydrogen-bond acceptors (Lipinski definition) is 7. The van der Waals surface area contributed by atoms with E-state index in [4.69, 9.17) is 14.2 Å². The summed E-state index contributed by atoms with van der Waals surface area (Å²) in [5.41, 5.74) is 0. The van der Waals surface area contributed by atoms with Gasteiger partial charge in [0.05, 0.1) is 26.1 Å². The molecule has 1 saturated heterocycles. The number of para-hydroxylation sites is 2. The predicted octanol–water partition coefficient (Wildman–Crippen LogP) is 2.40. The van der Waals surface area contributed by atoms with Crippen molar-refractivity contribution in [1.82, 2.24) is 19.7 Å². The second-order valence-corrected chi connectivity index (χ2v) is 7.22. The Balaban J connectivity index is 1.66. The lowest BCUT2D eigenvalue weighted by Gasteiger charge is -2.26. The minimum atomic E-state index is -0.312. The van der Waals surface area contributed by atoms with Crippen molar-refractivity contribution < 1.29 is 19.0 Å². The number of carbonyl (C=O) groups is 1. The fourth-order valence-corrected chi connectivity index (χ4v) is 3.91. The minimum Gasteiger partial charge on any atom is -0.493 e. The molecule has 1 fully saturated rings. The first-order chi connectivity index (χ1) is 13.6. The van der Waals surface area contributed by atoms with Crippen LogP contribution in [0.3, 0.4) is 0 Å². The molecule has 9 heteroatoms. The molecule has 2 heterocycles. The van der Waals surface area contributed by atoms with Crippen molar-refractivity contribution in [3.05, 3.63) is 30.1 Å². The number of rotatable bonds is 8. The highest BCUT2D eigenvalue weighted by molar-refractivity contribution is 7.99. The number of benzene rings is 1. The maximum absolute atomic E-state index is 12.4. The summed E-state index contributed by atoms with van der Waals surface area (Å²) in [6, 6.07) is 7.50. The molecule has 1 amide bonds. The Morgan fingerprint density at radius 3 is 2.64 bits per heavy atom. The van der Waals surface area contributed by atoms with E-state index in [0.717, 1.165) is 11.0 Å². The summed E-state index contributed by atoms with van der Waals surface area (Å²) in [6.45, 7) is 7.14. The van der Waals surface area contributed by atoms with Crippen LogP contribution < -0.4 is 9.47 Å². The summed E-state index contributed by atoms with van der Waals surface area (Å²) in [6.07, 6.45) is -0.312. The normalized spacial score (nSPS) is 15.3. The summed E-state index contributed by atoms with van der Waals surface area (Å²) < 4.78 is 18.7. The van der Waals surface area contributed by atoms with Crippen molar-refractivity contribution in [1.29, 1.82) is 0 Å². The Kier molecular flexibility index (Phi) is 7.16. The van der Waals surface area contributed by atoms with Gasteiger partial charge < -0.3 is 23.7 Å². The Labute approximate surface area is 169 Å². The van der Waals surface area contributed by atoms with Gasteiger partial charge >= 0.3 is 0 Å². The van der Waals surface area contributed by atoms with Crippen molar-refractivity contribution in [3.8, 4) is 11.5 Å². The van der Waals surface area contributed by atoms with Gasteiger partial charge in [0, 0.05) is 19.6 Å². The van der Waals surface area contributed by atoms with Crippen LogP contribution in [0.5, 0.6) is 11.5 Å². The van der Waals surface area contributed by atoms with Gasteiger partial charge in [0.15, 0.2) is 28.6 Å². The van der Waals surface area contributed by atoms with Crippen molar-refractivity contribution in [3.63, 3.8) is 0 Å². The number of thioether (sulfide) groups is 1. The quantitative estimate of drug-likeness (QED) is 0.623. The van der Waals surface area contributed by atoms with E-state index in [0.29, 0.717) is 50.1 Å². The van der Waals surface area contributed by atoms with Crippen LogP contribution >= 0.6 is 11.8 Å². The fraction of sp³-hybridized carbons (Fsp3) is 0.526. The molecule has 1 aliphatic rings. The molecule has 0 bridgehead atoms. The number of nitrogens with zero attached hydrogens (tertiary/aromatic N) is 4. The third-order valence-electron chi connectivity index (χ3n) is 4.49. The molecule has 0 N–H and O–H groups in total. The first kappa shape index (κ1) is 20.5. The number of morpholine rings is 1. The zero-order valence-corrected chi connectivity index (χ0v) is 17.3. The molecule has 0 saturated carbocycles. The van der Waals surface area contributed by atoms with Gasteiger partial charge in [0.25, 0.3) is 0 Å². The van der Waals surface area contributed by atoms with E-state index in [1.807, 2.05) is 47.6 Å². The molecule has 0 radical (unpaired) electrons. The third-order valence-corrected chi connectivity index (χ3v) is 5.44. The summed E-state index contributed by atoms with van der Waals surface area (Å²) in [7, 11) is 1.61. The smallest absolute Gasteiger partial charge is 0.233 e. The molecular formula is C19H26N4O4S. The van der Waals surface area contributed by atoms with Gasteiger partial charge in [-0.1, -0.05) is 23.9 Å². The van der Waals surface area contributed by atoms with Crippen LogP contribution in [0.1, 0.15) is 25.8 Å². The molecule has 1 atom stereocenters. The second kappa shape index (κ2) is 9.79. The molecule has 8 nitrogen and oxygen atoms in total. The Morgan fingerprint density at radius 2 is 1.96 bits per heavy atom. The summed E-state index contributed by atoms with van der Waals surface area (Å²) >= 11 is 1.40. The molecule has 2 aromatic rings. The van der Waals surface area contributed by atoms with Crippen LogP contribution in [0.2, 0.25) is 0 Å². The van der Waals surface area contributed by atoms with Crippen LogP contribution in [0.25, 0.3) is 0 Å². The number of ether oxygens (including phenoxy) is 3. The van der Waals surface area contributed by atoms with Crippen molar-refractivity contribution in [2.45, 2.75) is 31.7 Å². The van der Waals surface area contributed by atoms with E-state index in [-0.39, 0.29) is 12.0 Å². The average Bonchev–Trinajstić information content (AvgIpc) is 3.16. The highest BCUT2D eigenvalue weighted by Gasteiger charge is 2.22. The molecule has 152 valence electrons. The number of hydrogen-bond donors (Lipinski definition) is 0. The van der Waals surface area contributed by atoms with Crippen LogP contribution in [0.15, 0.2) is 29.4 Å². The van der Waals surface area contributed by atoms with Gasteiger partial charge in [0.2, 0.25) is 5.91 Å². The molecule has 1 aromatic heterocycles. The zero-order valence-electron chi connectivity index (χ0n) is 16.5. The van der Waals surface area contributed by atoms with Crippen molar-refractivity contribution in [2.75, 3.05) is 39.2 Å². The average molecular weight is 407 g/mol. The van der Waals surface area contributed by atoms with E-state index < -0.39 is 0 Å². The number of aromatic nitrogens is 3. The van der Waals surface area contributed by atoms with Gasteiger partial charge in [-0.25, -0.2) is 0 Å². The Morgan fingerprint density at radius 1 is 1.25 bits per heavy atom. The number of amides is 1. The summed E-state index contributed by atoms with van der Waals surface area (Å²) in [5, 5.41) is 9.31. The Hall–Kier alpha value is -2.26. The van der Waals surface area contributed by atoms with E-state index in [1.165, 1.54) is 11.8 Å². The second-order valence-electron chi connectivity index (χ2n) is 6.28. The number of carbonyl (C=O) groups excluding carboxylic acids is 1. The first-order valence-corrected chi connectivity index (χ1v) is 10.3. The fourth-order valence-electron chi connectivity index (χ4n) is 2.99. The molecule has 0 spiro atoms. The van der Waals surface area contributed by atoms with Crippen LogP contribution in [0.4, 0.5) is 0 Å². The first-order valence-electron chi connectivity index (χ1n) is 9.35. The summed E-state index contributed by atoms with van der Waals surface area (Å²) in [5.74, 6) is 2.47. The van der Waals surface area contributed by atoms with E-state index in [1.54, 1.807) is 7.11 Å². The SMILES string of the molecule is CCn1c(SCC(=O)N2CCOCC2)nnc1C(C)Oc1ccccc1OC. The van der Waals surface area contributed by atoms with Crippen LogP contribution in [-0.2, 0) is 16.1 Å². The molecule has 1 aliphatic heterocycles. The molecule has 1 unspecified atom stereocenters. The largest absolute Gasteiger partial charge is 0.493 e. The van der Waals surface area contributed by atoms with Crippen molar-refractivity contribution in [2.24, 2.45) is 0 Å². The maximum atomic E-state index is 12.4. The lowest BCUT2D eigenvalue weighted by Crippen LogP contribution is -2.41. The highest BCUT2D eigenvalue weighted by atomic mass is 32.2. The minimum absolute atomic E-state index is 0.0961. The standard InChI is InChI=1S/C19H26N4O4S/c1-4-23-18(14(2)27-16-8-6-5-7-15(16)25-3)20-21-19(23)28-13-17(24)22-9-11-26-12-10-22/h5-8,14H,4,9-13H2,1-3H3. The van der Waals surface area contributed by atoms with Gasteiger partial charge in [-0.3, -0.25) is 4.79 Å². The van der Waals surface area contributed by atoms with Gasteiger partial charge in [0.1, 0.15) is 0 Å². The molecule has 1 aromatic carbocycles. The van der Waals surface area contributed by atoms with E-state index >= 15 is 0 Å². The highest BCUT2D eigenvalue weighted by Crippen LogP contribution is 2.31. The third kappa shape index (κ3) is 4.77. The van der Waals surface area contributed by atoms with Crippen LogP contribution in [-0.4, -0.2) is 64.7 Å². The zero-order chi connectivity index (χ0) is 19.9. The molecular weight excluding hydrogens is 380 g/mol. The lowest BCUT2D eigenvalue weighted by atomic mass is 10.3. The van der Waals surface area contributed by atoms with Gasteiger partial charge in [-0.05, 0) is 26.0 Å². The molecule has 28 heavy (non-hydrogen) atoms. The Bertz CT molecular complexity index is 792. The predicted molar refractivity (Wildman–Crippen MR) is 106 cm³/mol. The van der Waals surface area contributed by atoms with E-state index in [9.17, 15) is 4.79 Å². The maximum Gasteiger partial charge on any atom is 0.233 e. The number of methoxy groups -OCH3 is 1. The lowest BCUT2D eigenvalue weighted by molar-refractivity contribution is -0.132. The monoisotopic (exact) mass is 406 g/mol. The topological polar surface area (TPSA) is 78.7 Å². The summed E-state index contributed by atoms with van der Waals surface area (Å²) in [4.78, 5) is 14.2. The molecule has 3 rings (SSSR count). The van der Waals surface area contributed by atoms with Crippen LogP contribution in [0, 0.1) is 0 Å². The van der Waals surface area contributed by atoms with Gasteiger partial charge in [-0.15, -0.1) is 10.2 Å². The van der Waals surface area contributed by atoms with E-state index in [2.05, 4.69) is 10.2 Å².